The SMILES string of the molecule is CCOP(=O)(Cc1c(C(Br)(Br)P(=O)(OCC)OCC)ccc(Br)c1Br)OCC. The normalized spacial score (nSPS) is 13.1. The molecule has 0 saturated carbocycles. The van der Waals surface area contributed by atoms with Gasteiger partial charge in [-0.15, -0.1) is 0 Å². The summed E-state index contributed by atoms with van der Waals surface area (Å²) in [6, 6.07) is 3.54. The van der Waals surface area contributed by atoms with Gasteiger partial charge < -0.3 is 18.1 Å². The lowest BCUT2D eigenvalue weighted by Gasteiger charge is -2.32. The summed E-state index contributed by atoms with van der Waals surface area (Å²) < 4.78 is 48.7. The zero-order valence-electron chi connectivity index (χ0n) is 16.0. The third-order valence-corrected chi connectivity index (χ3v) is 13.2. The molecule has 6 nitrogen and oxygen atoms in total. The van der Waals surface area contributed by atoms with Gasteiger partial charge in [-0.3, -0.25) is 9.13 Å². The quantitative estimate of drug-likeness (QED) is 0.163. The summed E-state index contributed by atoms with van der Waals surface area (Å²) in [5.41, 5.74) is 1.13. The molecule has 0 bridgehead atoms. The largest absolute Gasteiger partial charge is 0.362 e. The number of halogens is 4. The van der Waals surface area contributed by atoms with E-state index in [0.717, 1.165) is 4.47 Å². The maximum Gasteiger partial charge on any atom is 0.362 e. The molecule has 0 radical (unpaired) electrons. The molecule has 162 valence electrons. The van der Waals surface area contributed by atoms with Crippen molar-refractivity contribution in [3.8, 4) is 0 Å². The Balaban J connectivity index is 3.62. The summed E-state index contributed by atoms with van der Waals surface area (Å²) in [6.45, 7) is 7.83. The first-order valence-corrected chi connectivity index (χ1v) is 15.1. The number of alkyl halides is 2. The van der Waals surface area contributed by atoms with Gasteiger partial charge in [0, 0.05) is 8.95 Å². The van der Waals surface area contributed by atoms with Crippen LogP contribution in [0.3, 0.4) is 0 Å². The van der Waals surface area contributed by atoms with Crippen LogP contribution in [0.25, 0.3) is 0 Å². The second kappa shape index (κ2) is 11.9. The van der Waals surface area contributed by atoms with E-state index in [1.54, 1.807) is 39.8 Å². The number of benzene rings is 1. The van der Waals surface area contributed by atoms with Crippen LogP contribution < -0.4 is 0 Å². The van der Waals surface area contributed by atoms with Crippen molar-refractivity contribution in [3.63, 3.8) is 0 Å². The van der Waals surface area contributed by atoms with Crippen molar-refractivity contribution in [2.45, 2.75) is 36.8 Å². The van der Waals surface area contributed by atoms with Gasteiger partial charge in [-0.2, -0.15) is 0 Å². The molecule has 0 aliphatic carbocycles. The van der Waals surface area contributed by atoms with E-state index in [2.05, 4.69) is 63.7 Å². The first-order chi connectivity index (χ1) is 13.0. The molecule has 1 aromatic carbocycles. The molecule has 0 aliphatic rings. The van der Waals surface area contributed by atoms with E-state index in [4.69, 9.17) is 18.1 Å². The van der Waals surface area contributed by atoms with Crippen LogP contribution in [-0.4, -0.2) is 26.4 Å². The molecule has 0 spiro atoms. The lowest BCUT2D eigenvalue weighted by molar-refractivity contribution is 0.215. The Morgan fingerprint density at radius 3 is 1.75 bits per heavy atom. The highest BCUT2D eigenvalue weighted by Crippen LogP contribution is 2.72. The summed E-state index contributed by atoms with van der Waals surface area (Å²) in [6.07, 6.45) is -0.0266. The zero-order chi connectivity index (χ0) is 21.6. The Morgan fingerprint density at radius 2 is 1.32 bits per heavy atom. The molecule has 0 unspecified atom stereocenters. The standard InChI is InChI=1S/C16H24Br4O6P2/c1-5-23-27(21,24-6-2)11-12-13(9-10-14(17)15(12)18)16(19,20)28(22,25-7-3)26-8-4/h9-10H,5-8,11H2,1-4H3. The molecule has 0 fully saturated rings. The minimum Gasteiger partial charge on any atom is -0.309 e. The third-order valence-electron chi connectivity index (χ3n) is 3.47. The summed E-state index contributed by atoms with van der Waals surface area (Å²) >= 11 is 14.0. The van der Waals surface area contributed by atoms with Crippen molar-refractivity contribution >= 4 is 78.9 Å². The minimum atomic E-state index is -3.68. The minimum absolute atomic E-state index is 0.0266. The van der Waals surface area contributed by atoms with E-state index in [-0.39, 0.29) is 32.6 Å². The first kappa shape index (κ1) is 27.5. The van der Waals surface area contributed by atoms with E-state index in [0.29, 0.717) is 15.6 Å². The lowest BCUT2D eigenvalue weighted by Crippen LogP contribution is -2.18. The van der Waals surface area contributed by atoms with Gasteiger partial charge in [0.2, 0.25) is 2.97 Å². The van der Waals surface area contributed by atoms with Gasteiger partial charge in [-0.1, -0.05) is 37.9 Å². The van der Waals surface area contributed by atoms with Gasteiger partial charge in [0.25, 0.3) is 0 Å². The fourth-order valence-corrected chi connectivity index (χ4v) is 8.82. The van der Waals surface area contributed by atoms with Gasteiger partial charge in [0.1, 0.15) is 0 Å². The van der Waals surface area contributed by atoms with Crippen molar-refractivity contribution in [1.82, 2.24) is 0 Å². The molecular formula is C16H24Br4O6P2. The highest BCUT2D eigenvalue weighted by Gasteiger charge is 2.50. The summed E-state index contributed by atoms with van der Waals surface area (Å²) in [5.74, 6) is 0. The summed E-state index contributed by atoms with van der Waals surface area (Å²) in [4.78, 5) is 0. The second-order valence-corrected chi connectivity index (χ2v) is 15.9. The van der Waals surface area contributed by atoms with E-state index in [9.17, 15) is 9.13 Å². The first-order valence-electron chi connectivity index (χ1n) is 8.64. The summed E-state index contributed by atoms with van der Waals surface area (Å²) in [7, 11) is -7.11. The molecule has 1 rings (SSSR count). The van der Waals surface area contributed by atoms with Crippen molar-refractivity contribution in [1.29, 1.82) is 0 Å². The molecule has 0 aliphatic heterocycles. The Kier molecular flexibility index (Phi) is 11.7. The molecule has 0 heterocycles. The van der Waals surface area contributed by atoms with Gasteiger partial charge in [-0.05, 0) is 76.7 Å². The number of hydrogen-bond donors (Lipinski definition) is 0. The van der Waals surface area contributed by atoms with Crippen LogP contribution in [0.2, 0.25) is 0 Å². The Labute approximate surface area is 200 Å². The summed E-state index contributed by atoms with van der Waals surface area (Å²) in [5, 5.41) is 0. The van der Waals surface area contributed by atoms with Crippen LogP contribution in [0.1, 0.15) is 38.8 Å². The predicted molar refractivity (Wildman–Crippen MR) is 127 cm³/mol. The van der Waals surface area contributed by atoms with Gasteiger partial charge >= 0.3 is 15.2 Å². The van der Waals surface area contributed by atoms with E-state index >= 15 is 0 Å². The number of hydrogen-bond acceptors (Lipinski definition) is 6. The average Bonchev–Trinajstić information content (AvgIpc) is 2.59. The molecule has 0 amide bonds. The molecule has 0 atom stereocenters. The highest BCUT2D eigenvalue weighted by atomic mass is 79.9. The zero-order valence-corrected chi connectivity index (χ0v) is 24.2. The molecule has 1 aromatic rings. The van der Waals surface area contributed by atoms with Crippen molar-refractivity contribution in [2.75, 3.05) is 26.4 Å². The Hall–Kier alpha value is 1.44. The molecular weight excluding hydrogens is 670 g/mol. The van der Waals surface area contributed by atoms with Crippen LogP contribution in [0, 0.1) is 0 Å². The average molecular weight is 694 g/mol. The monoisotopic (exact) mass is 690 g/mol. The van der Waals surface area contributed by atoms with Crippen LogP contribution in [0.5, 0.6) is 0 Å². The maximum absolute atomic E-state index is 13.5. The van der Waals surface area contributed by atoms with Gasteiger partial charge in [-0.25, -0.2) is 0 Å². The van der Waals surface area contributed by atoms with Crippen LogP contribution in [0.15, 0.2) is 21.1 Å². The van der Waals surface area contributed by atoms with Crippen LogP contribution >= 0.6 is 78.9 Å². The fraction of sp³-hybridized carbons (Fsp3) is 0.625. The van der Waals surface area contributed by atoms with Crippen molar-refractivity contribution < 1.29 is 27.2 Å². The molecule has 0 N–H and O–H groups in total. The molecule has 28 heavy (non-hydrogen) atoms. The van der Waals surface area contributed by atoms with Gasteiger partial charge in [0.05, 0.1) is 32.6 Å². The smallest absolute Gasteiger partial charge is 0.309 e. The Morgan fingerprint density at radius 1 is 0.857 bits per heavy atom. The van der Waals surface area contributed by atoms with E-state index in [1.165, 1.54) is 0 Å². The fourth-order valence-electron chi connectivity index (χ4n) is 2.43. The van der Waals surface area contributed by atoms with E-state index < -0.39 is 18.2 Å². The third kappa shape index (κ3) is 6.47. The van der Waals surface area contributed by atoms with E-state index in [1.807, 2.05) is 0 Å². The van der Waals surface area contributed by atoms with Crippen molar-refractivity contribution in [3.05, 3.63) is 32.2 Å². The second-order valence-electron chi connectivity index (χ2n) is 5.37. The predicted octanol–water partition coefficient (Wildman–Crippen LogP) is 8.14. The maximum atomic E-state index is 13.5. The number of rotatable bonds is 12. The molecule has 12 heteroatoms. The Bertz CT molecular complexity index is 739. The topological polar surface area (TPSA) is 71.1 Å². The highest BCUT2D eigenvalue weighted by molar-refractivity contribution is 9.26. The lowest BCUT2D eigenvalue weighted by atomic mass is 10.1. The van der Waals surface area contributed by atoms with Crippen LogP contribution in [0.4, 0.5) is 0 Å². The van der Waals surface area contributed by atoms with Gasteiger partial charge in [0.15, 0.2) is 0 Å². The molecule has 0 saturated heterocycles. The molecule has 0 aromatic heterocycles. The van der Waals surface area contributed by atoms with Crippen molar-refractivity contribution in [2.24, 2.45) is 0 Å². The van der Waals surface area contributed by atoms with Crippen LogP contribution in [-0.2, 0) is 36.4 Å².